The van der Waals surface area contributed by atoms with Gasteiger partial charge in [0, 0.05) is 4.88 Å². The number of fused-ring (bicyclic) bond motifs is 1. The fourth-order valence-electron chi connectivity index (χ4n) is 1.87. The quantitative estimate of drug-likeness (QED) is 0.766. The maximum Gasteiger partial charge on any atom is 0.199 e. The van der Waals surface area contributed by atoms with Crippen LogP contribution in [0.5, 0.6) is 0 Å². The van der Waals surface area contributed by atoms with Crippen LogP contribution in [0.15, 0.2) is 22.8 Å². The molecule has 3 heterocycles. The van der Waals surface area contributed by atoms with E-state index in [4.69, 9.17) is 10.2 Å². The fourth-order valence-corrected chi connectivity index (χ4v) is 2.85. The molecule has 0 saturated heterocycles. The Morgan fingerprint density at radius 2 is 2.22 bits per heavy atom. The van der Waals surface area contributed by atoms with E-state index in [0.29, 0.717) is 17.4 Å². The molecule has 0 aliphatic heterocycles. The lowest BCUT2D eigenvalue weighted by Gasteiger charge is -2.00. The third kappa shape index (κ3) is 1.67. The first-order valence-corrected chi connectivity index (χ1v) is 6.61. The van der Waals surface area contributed by atoms with Crippen molar-refractivity contribution in [3.8, 4) is 11.6 Å². The summed E-state index contributed by atoms with van der Waals surface area (Å²) in [6.07, 6.45) is 2.62. The van der Waals surface area contributed by atoms with E-state index in [2.05, 4.69) is 23.0 Å². The van der Waals surface area contributed by atoms with Crippen LogP contribution in [0, 0.1) is 6.92 Å². The van der Waals surface area contributed by atoms with Gasteiger partial charge in [-0.25, -0.2) is 9.97 Å². The van der Waals surface area contributed by atoms with Crippen molar-refractivity contribution in [1.29, 1.82) is 0 Å². The lowest BCUT2D eigenvalue weighted by molar-refractivity contribution is 0.576. The zero-order valence-corrected chi connectivity index (χ0v) is 11.0. The number of nitrogen functional groups attached to an aromatic ring is 1. The molecule has 0 radical (unpaired) electrons. The first-order chi connectivity index (χ1) is 8.69. The van der Waals surface area contributed by atoms with Gasteiger partial charge in [0.15, 0.2) is 11.6 Å². The fraction of sp³-hybridized carbons (Fsp3) is 0.231. The number of aromatic nitrogens is 2. The molecule has 0 aliphatic carbocycles. The molecular weight excluding hydrogens is 246 g/mol. The maximum absolute atomic E-state index is 6.00. The van der Waals surface area contributed by atoms with Gasteiger partial charge in [-0.2, -0.15) is 0 Å². The number of hydrogen-bond donors (Lipinski definition) is 1. The van der Waals surface area contributed by atoms with Crippen LogP contribution in [-0.2, 0) is 6.42 Å². The molecule has 3 aromatic heterocycles. The molecule has 0 aromatic carbocycles. The zero-order valence-electron chi connectivity index (χ0n) is 10.2. The molecule has 0 atom stereocenters. The Kier molecular flexibility index (Phi) is 2.56. The molecule has 18 heavy (non-hydrogen) atoms. The summed E-state index contributed by atoms with van der Waals surface area (Å²) in [6, 6.07) is 3.96. The van der Waals surface area contributed by atoms with Crippen molar-refractivity contribution in [1.82, 2.24) is 9.97 Å². The first kappa shape index (κ1) is 11.2. The molecule has 92 valence electrons. The highest BCUT2D eigenvalue weighted by Gasteiger charge is 2.14. The van der Waals surface area contributed by atoms with E-state index in [1.54, 1.807) is 17.6 Å². The standard InChI is InChI=1S/C13H13N3OS/c1-3-8-6-9-11(14)15-12(16-13(9)18-8)10-7(2)4-5-17-10/h4-6H,3H2,1-2H3,(H2,14,15,16). The highest BCUT2D eigenvalue weighted by Crippen LogP contribution is 2.31. The molecule has 0 bridgehead atoms. The monoisotopic (exact) mass is 259 g/mol. The largest absolute Gasteiger partial charge is 0.461 e. The third-order valence-electron chi connectivity index (χ3n) is 2.89. The predicted molar refractivity (Wildman–Crippen MR) is 73.6 cm³/mol. The summed E-state index contributed by atoms with van der Waals surface area (Å²) in [5, 5.41) is 0.935. The average Bonchev–Trinajstić information content (AvgIpc) is 2.94. The van der Waals surface area contributed by atoms with Gasteiger partial charge in [-0.3, -0.25) is 0 Å². The molecule has 4 nitrogen and oxygen atoms in total. The van der Waals surface area contributed by atoms with Crippen LogP contribution in [-0.4, -0.2) is 9.97 Å². The molecule has 0 saturated carbocycles. The van der Waals surface area contributed by atoms with Gasteiger partial charge in [0.25, 0.3) is 0 Å². The van der Waals surface area contributed by atoms with E-state index in [0.717, 1.165) is 22.2 Å². The van der Waals surface area contributed by atoms with E-state index < -0.39 is 0 Å². The van der Waals surface area contributed by atoms with Gasteiger partial charge >= 0.3 is 0 Å². The SMILES string of the molecule is CCc1cc2c(N)nc(-c3occc3C)nc2s1. The Bertz CT molecular complexity index is 714. The Balaban J connectivity index is 2.23. The molecule has 0 amide bonds. The minimum Gasteiger partial charge on any atom is -0.461 e. The van der Waals surface area contributed by atoms with Crippen molar-refractivity contribution in [2.75, 3.05) is 5.73 Å². The van der Waals surface area contributed by atoms with E-state index in [1.807, 2.05) is 13.0 Å². The van der Waals surface area contributed by atoms with E-state index in [9.17, 15) is 0 Å². The molecule has 0 unspecified atom stereocenters. The molecule has 2 N–H and O–H groups in total. The number of hydrogen-bond acceptors (Lipinski definition) is 5. The van der Waals surface area contributed by atoms with Crippen molar-refractivity contribution in [3.05, 3.63) is 28.8 Å². The molecule has 3 rings (SSSR count). The molecule has 0 fully saturated rings. The van der Waals surface area contributed by atoms with Crippen LogP contribution in [0.3, 0.4) is 0 Å². The normalized spacial score (nSPS) is 11.2. The summed E-state index contributed by atoms with van der Waals surface area (Å²) in [6.45, 7) is 4.08. The van der Waals surface area contributed by atoms with Crippen molar-refractivity contribution in [3.63, 3.8) is 0 Å². The van der Waals surface area contributed by atoms with Gasteiger partial charge in [-0.05, 0) is 31.0 Å². The first-order valence-electron chi connectivity index (χ1n) is 5.79. The second kappa shape index (κ2) is 4.10. The molecule has 0 aliphatic rings. The topological polar surface area (TPSA) is 64.9 Å². The second-order valence-corrected chi connectivity index (χ2v) is 5.27. The lowest BCUT2D eigenvalue weighted by Crippen LogP contribution is -1.96. The van der Waals surface area contributed by atoms with Gasteiger partial charge in [0.1, 0.15) is 10.6 Å². The number of nitrogens with zero attached hydrogens (tertiary/aromatic N) is 2. The van der Waals surface area contributed by atoms with Crippen LogP contribution < -0.4 is 5.73 Å². The Morgan fingerprint density at radius 3 is 2.89 bits per heavy atom. The van der Waals surface area contributed by atoms with Crippen molar-refractivity contribution in [2.24, 2.45) is 0 Å². The van der Waals surface area contributed by atoms with Crippen LogP contribution in [0.4, 0.5) is 5.82 Å². The second-order valence-electron chi connectivity index (χ2n) is 4.15. The van der Waals surface area contributed by atoms with Gasteiger partial charge in [0.2, 0.25) is 0 Å². The summed E-state index contributed by atoms with van der Waals surface area (Å²) >= 11 is 1.66. The molecule has 3 aromatic rings. The number of rotatable bonds is 2. The summed E-state index contributed by atoms with van der Waals surface area (Å²) in [5.41, 5.74) is 7.01. The molecular formula is C13H13N3OS. The Labute approximate surface area is 108 Å². The van der Waals surface area contributed by atoms with Crippen molar-refractivity contribution < 1.29 is 4.42 Å². The van der Waals surface area contributed by atoms with Gasteiger partial charge < -0.3 is 10.2 Å². The number of nitrogens with two attached hydrogens (primary N) is 1. The van der Waals surface area contributed by atoms with E-state index in [-0.39, 0.29) is 0 Å². The van der Waals surface area contributed by atoms with Crippen LogP contribution in [0.1, 0.15) is 17.4 Å². The Morgan fingerprint density at radius 1 is 1.39 bits per heavy atom. The van der Waals surface area contributed by atoms with E-state index in [1.165, 1.54) is 4.88 Å². The summed E-state index contributed by atoms with van der Waals surface area (Å²) < 4.78 is 5.41. The smallest absolute Gasteiger partial charge is 0.199 e. The number of anilines is 1. The average molecular weight is 259 g/mol. The van der Waals surface area contributed by atoms with Gasteiger partial charge in [0.05, 0.1) is 11.6 Å². The predicted octanol–water partition coefficient (Wildman–Crippen LogP) is 3.40. The van der Waals surface area contributed by atoms with Gasteiger partial charge in [-0.15, -0.1) is 11.3 Å². The van der Waals surface area contributed by atoms with Crippen LogP contribution in [0.2, 0.25) is 0 Å². The lowest BCUT2D eigenvalue weighted by atomic mass is 10.2. The summed E-state index contributed by atoms with van der Waals surface area (Å²) in [7, 11) is 0. The number of aryl methyl sites for hydroxylation is 2. The third-order valence-corrected chi connectivity index (χ3v) is 4.06. The van der Waals surface area contributed by atoms with Crippen LogP contribution in [0.25, 0.3) is 21.8 Å². The molecule has 5 heteroatoms. The zero-order chi connectivity index (χ0) is 12.7. The van der Waals surface area contributed by atoms with Crippen molar-refractivity contribution in [2.45, 2.75) is 20.3 Å². The van der Waals surface area contributed by atoms with E-state index >= 15 is 0 Å². The van der Waals surface area contributed by atoms with Crippen molar-refractivity contribution >= 4 is 27.4 Å². The van der Waals surface area contributed by atoms with Crippen LogP contribution >= 0.6 is 11.3 Å². The minimum atomic E-state index is 0.516. The maximum atomic E-state index is 6.00. The number of thiophene rings is 1. The minimum absolute atomic E-state index is 0.516. The summed E-state index contributed by atoms with van der Waals surface area (Å²) in [4.78, 5) is 11.1. The number of furan rings is 1. The highest BCUT2D eigenvalue weighted by molar-refractivity contribution is 7.18. The van der Waals surface area contributed by atoms with Gasteiger partial charge in [-0.1, -0.05) is 6.92 Å². The highest BCUT2D eigenvalue weighted by atomic mass is 32.1. The molecule has 0 spiro atoms. The summed E-state index contributed by atoms with van der Waals surface area (Å²) in [5.74, 6) is 1.77. The Hall–Kier alpha value is -1.88.